The first-order valence-corrected chi connectivity index (χ1v) is 22.6. The second-order valence-electron chi connectivity index (χ2n) is 15.5. The molecule has 21 heteroatoms. The third-order valence-electron chi connectivity index (χ3n) is 11.3. The number of aromatic nitrogens is 4. The van der Waals surface area contributed by atoms with Crippen LogP contribution in [0.5, 0.6) is 5.75 Å². The van der Waals surface area contributed by atoms with E-state index in [1.807, 2.05) is 72.8 Å². The standard InChI is InChI=1S/C47H43N7O13S/c1-63-38-22-16-35(17-23-38)47(33-8-4-2-5-9-33,34-10-6-3-7-11-34)65-28-39-41(55)42(67-68(61,62)27-25-32-14-20-37(21-15-32)54(59)60)45(66-39)52-30-50-40-43(48-29-49-44(40)52)51-46(56)64-26-24-31-12-18-36(19-13-31)53(57)58/h2-23,29-30,39,41-42,45,55H,24-28H2,1H3,(H,48,49,51,56)/t39-,41-,42-,45-/m1/s1. The molecule has 0 aliphatic carbocycles. The highest BCUT2D eigenvalue weighted by atomic mass is 32.2. The summed E-state index contributed by atoms with van der Waals surface area (Å²) in [7, 11) is -2.90. The number of anilines is 1. The Hall–Kier alpha value is -7.69. The highest BCUT2D eigenvalue weighted by Crippen LogP contribution is 2.43. The van der Waals surface area contributed by atoms with Gasteiger partial charge in [0.15, 0.2) is 29.3 Å². The van der Waals surface area contributed by atoms with Gasteiger partial charge < -0.3 is 24.1 Å². The van der Waals surface area contributed by atoms with Gasteiger partial charge in [-0.1, -0.05) is 97.1 Å². The van der Waals surface area contributed by atoms with Crippen molar-refractivity contribution in [2.75, 3.05) is 31.4 Å². The smallest absolute Gasteiger partial charge is 0.412 e. The van der Waals surface area contributed by atoms with E-state index in [0.29, 0.717) is 22.4 Å². The summed E-state index contributed by atoms with van der Waals surface area (Å²) in [5, 5.41) is 36.9. The fraction of sp³-hybridized carbons (Fsp3) is 0.234. The topological polar surface area (TPSA) is 259 Å². The van der Waals surface area contributed by atoms with Crippen LogP contribution in [0, 0.1) is 20.2 Å². The van der Waals surface area contributed by atoms with E-state index in [4.69, 9.17) is 23.1 Å². The number of non-ortho nitro benzene ring substituents is 2. The van der Waals surface area contributed by atoms with Crippen molar-refractivity contribution >= 4 is 44.6 Å². The lowest BCUT2D eigenvalue weighted by atomic mass is 9.80. The SMILES string of the molecule is COc1ccc(C(OC[C@H]2O[C@@H](n3cnc4c(NC(=O)OCCc5ccc([N+](=O)[O-])cc5)ncnc43)[C@H](OS(=O)(=O)CCc3ccc([N+](=O)[O-])cc3)[C@@H]2O)(c2ccccc2)c2ccccc2)cc1. The minimum Gasteiger partial charge on any atom is -0.497 e. The van der Waals surface area contributed by atoms with Gasteiger partial charge in [-0.05, 0) is 46.4 Å². The summed E-state index contributed by atoms with van der Waals surface area (Å²) in [6.45, 7) is -0.383. The van der Waals surface area contributed by atoms with Crippen LogP contribution in [0.25, 0.3) is 11.2 Å². The number of aliphatic hydroxyl groups excluding tert-OH is 1. The zero-order chi connectivity index (χ0) is 47.8. The largest absolute Gasteiger partial charge is 0.497 e. The van der Waals surface area contributed by atoms with Crippen molar-refractivity contribution in [2.24, 2.45) is 0 Å². The van der Waals surface area contributed by atoms with Gasteiger partial charge in [0.25, 0.3) is 21.5 Å². The maximum atomic E-state index is 13.8. The number of methoxy groups -OCH3 is 1. The Balaban J connectivity index is 1.08. The number of nitrogens with one attached hydrogen (secondary N) is 1. The van der Waals surface area contributed by atoms with Crippen LogP contribution in [0.3, 0.4) is 0 Å². The van der Waals surface area contributed by atoms with Crippen molar-refractivity contribution in [1.82, 2.24) is 19.5 Å². The Morgan fingerprint density at radius 3 is 1.94 bits per heavy atom. The Morgan fingerprint density at radius 1 is 0.794 bits per heavy atom. The van der Waals surface area contributed by atoms with Crippen molar-refractivity contribution in [3.05, 3.63) is 194 Å². The van der Waals surface area contributed by atoms with Crippen LogP contribution in [-0.4, -0.2) is 93.4 Å². The molecule has 1 aliphatic heterocycles. The molecule has 4 atom stereocenters. The number of nitro groups is 2. The molecule has 7 aromatic rings. The highest BCUT2D eigenvalue weighted by molar-refractivity contribution is 7.86. The van der Waals surface area contributed by atoms with E-state index in [-0.39, 0.29) is 54.4 Å². The van der Waals surface area contributed by atoms with Crippen LogP contribution in [-0.2, 0) is 47.0 Å². The summed E-state index contributed by atoms with van der Waals surface area (Å²) in [6, 6.07) is 37.5. The second kappa shape index (κ2) is 20.4. The third kappa shape index (κ3) is 10.3. The monoisotopic (exact) mass is 945 g/mol. The first kappa shape index (κ1) is 46.8. The zero-order valence-electron chi connectivity index (χ0n) is 36.1. The molecule has 2 aromatic heterocycles. The number of carbonyl (C=O) groups excluding carboxylic acids is 1. The Morgan fingerprint density at radius 2 is 1.37 bits per heavy atom. The minimum absolute atomic E-state index is 0.0593. The van der Waals surface area contributed by atoms with Gasteiger partial charge in [-0.2, -0.15) is 8.42 Å². The van der Waals surface area contributed by atoms with Crippen LogP contribution in [0.1, 0.15) is 34.0 Å². The molecule has 8 rings (SSSR count). The summed E-state index contributed by atoms with van der Waals surface area (Å²) in [6.07, 6.45) is -4.16. The molecule has 3 heterocycles. The molecule has 0 radical (unpaired) electrons. The van der Waals surface area contributed by atoms with E-state index < -0.39 is 62.0 Å². The molecular formula is C47H43N7O13S. The number of rotatable bonds is 19. The fourth-order valence-electron chi connectivity index (χ4n) is 7.86. The summed E-state index contributed by atoms with van der Waals surface area (Å²) in [5.74, 6) is -0.00416. The number of hydrogen-bond donors (Lipinski definition) is 2. The van der Waals surface area contributed by atoms with Gasteiger partial charge in [0.2, 0.25) is 0 Å². The lowest BCUT2D eigenvalue weighted by Gasteiger charge is -2.37. The minimum atomic E-state index is -4.46. The molecular weight excluding hydrogens is 903 g/mol. The molecule has 68 heavy (non-hydrogen) atoms. The van der Waals surface area contributed by atoms with Gasteiger partial charge in [0.1, 0.15) is 29.9 Å². The van der Waals surface area contributed by atoms with Gasteiger partial charge in [0, 0.05) is 30.7 Å². The molecule has 0 unspecified atom stereocenters. The van der Waals surface area contributed by atoms with Gasteiger partial charge in [0.05, 0.1) is 42.3 Å². The number of nitrogens with zero attached hydrogens (tertiary/aromatic N) is 6. The quantitative estimate of drug-likeness (QED) is 0.0371. The molecule has 1 fully saturated rings. The summed E-state index contributed by atoms with van der Waals surface area (Å²) >= 11 is 0. The molecule has 2 N–H and O–H groups in total. The molecule has 1 amide bonds. The second-order valence-corrected chi connectivity index (χ2v) is 17.2. The summed E-state index contributed by atoms with van der Waals surface area (Å²) < 4.78 is 59.1. The van der Waals surface area contributed by atoms with Crippen molar-refractivity contribution in [2.45, 2.75) is 43.0 Å². The number of carbonyl (C=O) groups is 1. The number of fused-ring (bicyclic) bond motifs is 1. The highest BCUT2D eigenvalue weighted by Gasteiger charge is 2.50. The summed E-state index contributed by atoms with van der Waals surface area (Å²) in [5.41, 5.74) is 1.99. The van der Waals surface area contributed by atoms with E-state index in [0.717, 1.165) is 17.5 Å². The van der Waals surface area contributed by atoms with E-state index in [1.165, 1.54) is 47.3 Å². The number of amides is 1. The molecule has 350 valence electrons. The molecule has 1 saturated heterocycles. The molecule has 20 nitrogen and oxygen atoms in total. The van der Waals surface area contributed by atoms with E-state index >= 15 is 0 Å². The number of hydrogen-bond acceptors (Lipinski definition) is 16. The van der Waals surface area contributed by atoms with Crippen LogP contribution in [0.4, 0.5) is 22.0 Å². The van der Waals surface area contributed by atoms with Crippen molar-refractivity contribution in [3.8, 4) is 5.75 Å². The van der Waals surface area contributed by atoms with Crippen LogP contribution in [0.15, 0.2) is 146 Å². The van der Waals surface area contributed by atoms with Crippen LogP contribution in [0.2, 0.25) is 0 Å². The van der Waals surface area contributed by atoms with Gasteiger partial charge in [-0.15, -0.1) is 0 Å². The Kier molecular flexibility index (Phi) is 14.1. The zero-order valence-corrected chi connectivity index (χ0v) is 37.0. The number of imidazole rings is 1. The van der Waals surface area contributed by atoms with E-state index in [1.54, 1.807) is 31.4 Å². The molecule has 0 saturated carbocycles. The average Bonchev–Trinajstić information content (AvgIpc) is 3.92. The normalized spacial score (nSPS) is 17.1. The Bertz CT molecular complexity index is 2940. The first-order valence-electron chi connectivity index (χ1n) is 21.1. The maximum absolute atomic E-state index is 13.8. The predicted octanol–water partition coefficient (Wildman–Crippen LogP) is 6.67. The lowest BCUT2D eigenvalue weighted by Crippen LogP contribution is -2.41. The molecule has 1 aliphatic rings. The molecule has 5 aromatic carbocycles. The van der Waals surface area contributed by atoms with Crippen LogP contribution < -0.4 is 10.1 Å². The number of aryl methyl sites for hydroxylation is 1. The lowest BCUT2D eigenvalue weighted by molar-refractivity contribution is -0.385. The number of aliphatic hydroxyl groups is 1. The summed E-state index contributed by atoms with van der Waals surface area (Å²) in [4.78, 5) is 47.0. The van der Waals surface area contributed by atoms with Gasteiger partial charge in [-0.3, -0.25) is 34.3 Å². The van der Waals surface area contributed by atoms with Gasteiger partial charge >= 0.3 is 6.09 Å². The molecule has 0 bridgehead atoms. The average molecular weight is 946 g/mol. The van der Waals surface area contributed by atoms with Crippen molar-refractivity contribution in [3.63, 3.8) is 0 Å². The first-order chi connectivity index (χ1) is 32.8. The number of ether oxygens (including phenoxy) is 4. The maximum Gasteiger partial charge on any atom is 0.412 e. The Labute approximate surface area is 388 Å². The van der Waals surface area contributed by atoms with Crippen LogP contribution >= 0.6 is 0 Å². The van der Waals surface area contributed by atoms with E-state index in [9.17, 15) is 38.5 Å². The fourth-order valence-corrected chi connectivity index (χ4v) is 8.99. The third-order valence-corrected chi connectivity index (χ3v) is 12.5. The van der Waals surface area contributed by atoms with Crippen molar-refractivity contribution in [1.29, 1.82) is 0 Å². The van der Waals surface area contributed by atoms with Gasteiger partial charge in [-0.25, -0.2) is 19.7 Å². The predicted molar refractivity (Wildman–Crippen MR) is 244 cm³/mol. The number of benzene rings is 5. The molecule has 0 spiro atoms. The van der Waals surface area contributed by atoms with E-state index in [2.05, 4.69) is 20.3 Å². The van der Waals surface area contributed by atoms with Crippen molar-refractivity contribution < 1.29 is 51.3 Å². The number of nitro benzene ring substituents is 2.